The molecule has 1 atom stereocenters. The van der Waals surface area contributed by atoms with Crippen LogP contribution in [0.4, 0.5) is 0 Å². The van der Waals surface area contributed by atoms with E-state index in [1.165, 1.54) is 0 Å². The van der Waals surface area contributed by atoms with Crippen LogP contribution in [0.15, 0.2) is 30.3 Å². The minimum absolute atomic E-state index is 0.0860. The second-order valence-electron chi connectivity index (χ2n) is 2.76. The Morgan fingerprint density at radius 2 is 1.92 bits per heavy atom. The van der Waals surface area contributed by atoms with E-state index in [9.17, 15) is 0 Å². The van der Waals surface area contributed by atoms with Crippen molar-refractivity contribution in [1.29, 1.82) is 0 Å². The summed E-state index contributed by atoms with van der Waals surface area (Å²) >= 11 is -2.32. The van der Waals surface area contributed by atoms with Crippen LogP contribution in [0, 0.1) is 0 Å². The standard InChI is InChI=1S/C9H11O.2ClH.Tl/c1-8(10-2)9-6-4-3-5-7-9;;;/h3-8H,1H2,2H3;2*1H;/q;;;+2/p-2. The number of methoxy groups -OCH3 is 1. The van der Waals surface area contributed by atoms with E-state index in [1.54, 1.807) is 7.11 Å². The van der Waals surface area contributed by atoms with Crippen molar-refractivity contribution in [1.82, 2.24) is 0 Å². The fourth-order valence-corrected chi connectivity index (χ4v) is 7.10. The first-order valence-electron chi connectivity index (χ1n) is 4.10. The van der Waals surface area contributed by atoms with Crippen LogP contribution in [0.2, 0.25) is 3.98 Å². The predicted molar refractivity (Wildman–Crippen MR) is 58.5 cm³/mol. The van der Waals surface area contributed by atoms with Crippen molar-refractivity contribution in [3.63, 3.8) is 0 Å². The number of hydrogen-bond donors (Lipinski definition) is 0. The Balaban J connectivity index is 2.67. The fourth-order valence-electron chi connectivity index (χ4n) is 1.20. The molecule has 0 aliphatic carbocycles. The molecule has 0 N–H and O–H groups in total. The summed E-state index contributed by atoms with van der Waals surface area (Å²) in [7, 11) is 13.5. The molecule has 1 unspecified atom stereocenters. The van der Waals surface area contributed by atoms with Gasteiger partial charge >= 0.3 is 94.7 Å². The van der Waals surface area contributed by atoms with Gasteiger partial charge in [0.2, 0.25) is 0 Å². The molecule has 1 rings (SSSR count). The first-order valence-corrected chi connectivity index (χ1v) is 18.3. The molecule has 0 amide bonds. The Hall–Kier alpha value is 0.682. The van der Waals surface area contributed by atoms with Crippen LogP contribution in [0.25, 0.3) is 0 Å². The molecule has 1 nitrogen and oxygen atoms in total. The molecule has 0 bridgehead atoms. The van der Waals surface area contributed by atoms with Gasteiger partial charge in [-0.1, -0.05) is 0 Å². The molecule has 0 heterocycles. The molecule has 0 aliphatic rings. The molecule has 1 aromatic rings. The van der Waals surface area contributed by atoms with Crippen LogP contribution in [0.5, 0.6) is 0 Å². The van der Waals surface area contributed by atoms with Crippen LogP contribution >= 0.6 is 16.6 Å². The average Bonchev–Trinajstić information content (AvgIpc) is 2.15. The average molecular weight is 410 g/mol. The number of rotatable bonds is 4. The number of ether oxygens (including phenoxy) is 1. The van der Waals surface area contributed by atoms with Crippen molar-refractivity contribution >= 4 is 36.9 Å². The van der Waals surface area contributed by atoms with Crippen LogP contribution in [-0.2, 0) is 4.74 Å². The molecule has 0 aliphatic heterocycles. The Morgan fingerprint density at radius 3 is 2.38 bits per heavy atom. The summed E-state index contributed by atoms with van der Waals surface area (Å²) in [5.74, 6) is 0. The van der Waals surface area contributed by atoms with E-state index in [-0.39, 0.29) is 6.10 Å². The zero-order valence-corrected chi connectivity index (χ0v) is 13.4. The SMILES string of the molecule is COC([CH2][Tl]([Cl])[Cl])c1ccccc1. The van der Waals surface area contributed by atoms with Crippen molar-refractivity contribution in [2.24, 2.45) is 0 Å². The van der Waals surface area contributed by atoms with Crippen molar-refractivity contribution in [2.75, 3.05) is 7.11 Å². The molecule has 0 spiro atoms. The van der Waals surface area contributed by atoms with E-state index >= 15 is 0 Å². The summed E-state index contributed by atoms with van der Waals surface area (Å²) in [4.78, 5) is 0. The van der Waals surface area contributed by atoms with E-state index in [1.807, 2.05) is 30.3 Å². The van der Waals surface area contributed by atoms with Gasteiger partial charge < -0.3 is 0 Å². The van der Waals surface area contributed by atoms with Gasteiger partial charge in [0.1, 0.15) is 0 Å². The van der Waals surface area contributed by atoms with Gasteiger partial charge in [-0.3, -0.25) is 0 Å². The predicted octanol–water partition coefficient (Wildman–Crippen LogP) is 3.34. The van der Waals surface area contributed by atoms with E-state index in [0.29, 0.717) is 0 Å². The maximum absolute atomic E-state index is 5.91. The van der Waals surface area contributed by atoms with Crippen molar-refractivity contribution < 1.29 is 4.74 Å². The quantitative estimate of drug-likeness (QED) is 0.692. The van der Waals surface area contributed by atoms with E-state index in [2.05, 4.69) is 0 Å². The second-order valence-corrected chi connectivity index (χ2v) is 18.8. The molecular weight excluding hydrogens is 399 g/mol. The van der Waals surface area contributed by atoms with Gasteiger partial charge in [0, 0.05) is 0 Å². The van der Waals surface area contributed by atoms with E-state index < -0.39 is 20.3 Å². The molecule has 0 radical (unpaired) electrons. The van der Waals surface area contributed by atoms with Gasteiger partial charge in [-0.05, 0) is 0 Å². The minimum atomic E-state index is -2.32. The topological polar surface area (TPSA) is 9.23 Å². The van der Waals surface area contributed by atoms with E-state index in [4.69, 9.17) is 21.4 Å². The van der Waals surface area contributed by atoms with Crippen molar-refractivity contribution in [3.8, 4) is 0 Å². The van der Waals surface area contributed by atoms with Crippen LogP contribution in [-0.4, -0.2) is 27.4 Å². The fraction of sp³-hybridized carbons (Fsp3) is 0.333. The molecule has 0 saturated carbocycles. The molecular formula is C9H11Cl2OTl. The Kier molecular flexibility index (Phi) is 5.62. The Morgan fingerprint density at radius 1 is 1.31 bits per heavy atom. The first-order chi connectivity index (χ1) is 6.24. The number of benzene rings is 1. The summed E-state index contributed by atoms with van der Waals surface area (Å²) in [6.07, 6.45) is 0.0860. The Bertz CT molecular complexity index is 241. The van der Waals surface area contributed by atoms with Gasteiger partial charge in [-0.15, -0.1) is 0 Å². The molecule has 0 fully saturated rings. The van der Waals surface area contributed by atoms with Gasteiger partial charge in [0.25, 0.3) is 0 Å². The molecule has 0 saturated heterocycles. The summed E-state index contributed by atoms with van der Waals surface area (Å²) in [5, 5.41) is 0. The van der Waals surface area contributed by atoms with Gasteiger partial charge in [0.15, 0.2) is 0 Å². The van der Waals surface area contributed by atoms with Crippen molar-refractivity contribution in [2.45, 2.75) is 10.1 Å². The molecule has 0 aromatic heterocycles. The Labute approximate surface area is 94.1 Å². The van der Waals surface area contributed by atoms with E-state index in [0.717, 1.165) is 9.54 Å². The summed E-state index contributed by atoms with van der Waals surface area (Å²) < 4.78 is 6.17. The summed E-state index contributed by atoms with van der Waals surface area (Å²) in [6.45, 7) is 0. The third kappa shape index (κ3) is 4.15. The first kappa shape index (κ1) is 11.8. The van der Waals surface area contributed by atoms with Gasteiger partial charge in [-0.25, -0.2) is 0 Å². The number of hydrogen-bond acceptors (Lipinski definition) is 1. The maximum atomic E-state index is 5.91. The second kappa shape index (κ2) is 6.22. The van der Waals surface area contributed by atoms with Crippen LogP contribution < -0.4 is 0 Å². The number of halogens is 2. The normalized spacial score (nSPS) is 12.5. The zero-order valence-electron chi connectivity index (χ0n) is 7.41. The van der Waals surface area contributed by atoms with Crippen LogP contribution in [0.1, 0.15) is 11.7 Å². The monoisotopic (exact) mass is 410 g/mol. The zero-order chi connectivity index (χ0) is 9.68. The van der Waals surface area contributed by atoms with Crippen LogP contribution in [0.3, 0.4) is 0 Å². The third-order valence-electron chi connectivity index (χ3n) is 1.85. The summed E-state index contributed by atoms with van der Waals surface area (Å²) in [6, 6.07) is 10.1. The molecule has 70 valence electrons. The third-order valence-corrected chi connectivity index (χ3v) is 8.02. The van der Waals surface area contributed by atoms with Crippen molar-refractivity contribution in [3.05, 3.63) is 35.9 Å². The van der Waals surface area contributed by atoms with Gasteiger partial charge in [-0.2, -0.15) is 0 Å². The summed E-state index contributed by atoms with van der Waals surface area (Å²) in [5.41, 5.74) is 1.16. The molecule has 13 heavy (non-hydrogen) atoms. The molecule has 1 aromatic carbocycles. The van der Waals surface area contributed by atoms with Gasteiger partial charge in [0.05, 0.1) is 0 Å². The molecule has 4 heteroatoms.